The van der Waals surface area contributed by atoms with Gasteiger partial charge in [0, 0.05) is 40.7 Å². The van der Waals surface area contributed by atoms with E-state index in [4.69, 9.17) is 5.73 Å². The number of aliphatic imine (C=N–C) groups is 1. The molecule has 0 unspecified atom stereocenters. The van der Waals surface area contributed by atoms with Crippen molar-refractivity contribution in [2.45, 2.75) is 32.6 Å². The second-order valence-electron chi connectivity index (χ2n) is 8.49. The third kappa shape index (κ3) is 4.52. The van der Waals surface area contributed by atoms with Crippen LogP contribution in [0.15, 0.2) is 60.1 Å². The van der Waals surface area contributed by atoms with Crippen LogP contribution in [-0.2, 0) is 0 Å². The maximum Gasteiger partial charge on any atom is 0.181 e. The molecular formula is C26H26FN9. The number of benzene rings is 1. The fourth-order valence-corrected chi connectivity index (χ4v) is 4.15. The van der Waals surface area contributed by atoms with Gasteiger partial charge in [-0.1, -0.05) is 26.3 Å². The number of rotatable bonds is 9. The Bertz CT molecular complexity index is 1580. The predicted molar refractivity (Wildman–Crippen MR) is 141 cm³/mol. The molecule has 182 valence electrons. The van der Waals surface area contributed by atoms with Crippen molar-refractivity contribution in [2.24, 2.45) is 10.7 Å². The van der Waals surface area contributed by atoms with Crippen LogP contribution in [0.3, 0.4) is 0 Å². The van der Waals surface area contributed by atoms with Crippen molar-refractivity contribution in [3.63, 3.8) is 0 Å². The van der Waals surface area contributed by atoms with E-state index in [1.807, 2.05) is 6.07 Å². The molecule has 10 heteroatoms. The van der Waals surface area contributed by atoms with Gasteiger partial charge < -0.3 is 16.0 Å². The average Bonchev–Trinajstić information content (AvgIpc) is 3.48. The van der Waals surface area contributed by atoms with Gasteiger partial charge in [-0.15, -0.1) is 0 Å². The number of fused-ring (bicyclic) bond motifs is 2. The van der Waals surface area contributed by atoms with Crippen LogP contribution in [0.5, 0.6) is 0 Å². The number of aromatic nitrogens is 6. The second-order valence-corrected chi connectivity index (χ2v) is 8.49. The predicted octanol–water partition coefficient (Wildman–Crippen LogP) is 5.83. The molecule has 4 heterocycles. The van der Waals surface area contributed by atoms with Gasteiger partial charge in [-0.25, -0.2) is 19.4 Å². The number of anilines is 1. The van der Waals surface area contributed by atoms with Crippen LogP contribution < -0.4 is 11.1 Å². The fourth-order valence-electron chi connectivity index (χ4n) is 4.15. The highest BCUT2D eigenvalue weighted by Gasteiger charge is 2.18. The highest BCUT2D eigenvalue weighted by atomic mass is 19.1. The Kier molecular flexibility index (Phi) is 6.40. The number of allylic oxidation sites excluding steroid dienone is 1. The number of aromatic amines is 2. The van der Waals surface area contributed by atoms with Crippen molar-refractivity contribution in [3.8, 4) is 22.6 Å². The molecule has 5 N–H and O–H groups in total. The van der Waals surface area contributed by atoms with E-state index >= 15 is 4.39 Å². The van der Waals surface area contributed by atoms with Crippen molar-refractivity contribution in [1.29, 1.82) is 0 Å². The largest absolute Gasteiger partial charge is 0.390 e. The number of imidazole rings is 1. The van der Waals surface area contributed by atoms with Gasteiger partial charge in [-0.2, -0.15) is 5.10 Å². The maximum absolute atomic E-state index is 15.1. The maximum atomic E-state index is 15.1. The lowest BCUT2D eigenvalue weighted by atomic mass is 10.0. The van der Waals surface area contributed by atoms with E-state index in [9.17, 15) is 0 Å². The Balaban J connectivity index is 1.51. The Morgan fingerprint density at radius 1 is 1.22 bits per heavy atom. The first-order chi connectivity index (χ1) is 17.6. The molecule has 0 aliphatic rings. The molecule has 9 nitrogen and oxygen atoms in total. The number of hydrogen-bond donors (Lipinski definition) is 4. The highest BCUT2D eigenvalue weighted by molar-refractivity contribution is 5.97. The molecule has 4 aromatic heterocycles. The molecule has 0 saturated carbocycles. The Hall–Kier alpha value is -4.60. The van der Waals surface area contributed by atoms with Gasteiger partial charge in [0.2, 0.25) is 0 Å². The van der Waals surface area contributed by atoms with E-state index in [0.717, 1.165) is 42.6 Å². The zero-order valence-electron chi connectivity index (χ0n) is 19.8. The van der Waals surface area contributed by atoms with Crippen LogP contribution in [0.4, 0.5) is 15.9 Å². The monoisotopic (exact) mass is 483 g/mol. The van der Waals surface area contributed by atoms with Crippen LogP contribution in [0.1, 0.15) is 32.6 Å². The normalized spacial score (nSPS) is 11.6. The summed E-state index contributed by atoms with van der Waals surface area (Å²) in [4.78, 5) is 20.5. The molecule has 5 aromatic rings. The summed E-state index contributed by atoms with van der Waals surface area (Å²) in [7, 11) is 0. The van der Waals surface area contributed by atoms with E-state index in [-0.39, 0.29) is 5.82 Å². The number of nitrogens with two attached hydrogens (primary N) is 1. The van der Waals surface area contributed by atoms with Crippen LogP contribution in [0.2, 0.25) is 0 Å². The summed E-state index contributed by atoms with van der Waals surface area (Å²) in [5.41, 5.74) is 10.6. The van der Waals surface area contributed by atoms with Crippen LogP contribution in [-0.4, -0.2) is 36.5 Å². The van der Waals surface area contributed by atoms with Crippen molar-refractivity contribution < 1.29 is 4.39 Å². The first-order valence-corrected chi connectivity index (χ1v) is 11.7. The minimum atomic E-state index is -0.383. The van der Waals surface area contributed by atoms with Crippen molar-refractivity contribution in [2.75, 3.05) is 5.32 Å². The third-order valence-electron chi connectivity index (χ3n) is 5.91. The summed E-state index contributed by atoms with van der Waals surface area (Å²) in [6.45, 7) is 6.27. The number of unbranched alkanes of at least 4 members (excludes halogenated alkanes) is 2. The fraction of sp³-hybridized carbons (Fsp3) is 0.192. The minimum Gasteiger partial charge on any atom is -0.390 e. The molecule has 0 aliphatic carbocycles. The number of pyridine rings is 2. The van der Waals surface area contributed by atoms with Gasteiger partial charge in [0.05, 0.1) is 29.3 Å². The standard InChI is InChI=1S/C26H26FN9/c1-3-4-5-6-15(2)32-17-9-16(12-29-13-17)18-10-19-22(11-20(18)27)35-36-23(19)26-33-21-7-8-30-25(31-14-28)24(21)34-26/h7-14,32H,2-6H2,1H3,(H,33,34)(H,35,36)(H2,28,30,31). The van der Waals surface area contributed by atoms with E-state index in [2.05, 4.69) is 53.9 Å². The topological polar surface area (TPSA) is 134 Å². The van der Waals surface area contributed by atoms with Gasteiger partial charge in [-0.05, 0) is 31.0 Å². The summed E-state index contributed by atoms with van der Waals surface area (Å²) in [6, 6.07) is 6.84. The third-order valence-corrected chi connectivity index (χ3v) is 5.91. The summed E-state index contributed by atoms with van der Waals surface area (Å²) < 4.78 is 15.1. The van der Waals surface area contributed by atoms with Crippen molar-refractivity contribution in [1.82, 2.24) is 30.1 Å². The first-order valence-electron chi connectivity index (χ1n) is 11.7. The Morgan fingerprint density at radius 2 is 2.11 bits per heavy atom. The lowest BCUT2D eigenvalue weighted by Crippen LogP contribution is -1.99. The number of nitrogens with one attached hydrogen (secondary N) is 3. The number of hydrogen-bond acceptors (Lipinski definition) is 6. The molecule has 0 fully saturated rings. The molecule has 0 spiro atoms. The van der Waals surface area contributed by atoms with E-state index < -0.39 is 0 Å². The molecule has 0 saturated heterocycles. The molecule has 0 atom stereocenters. The molecular weight excluding hydrogens is 457 g/mol. The molecule has 0 bridgehead atoms. The van der Waals surface area contributed by atoms with Crippen LogP contribution in [0.25, 0.3) is 44.6 Å². The van der Waals surface area contributed by atoms with E-state index in [1.165, 1.54) is 12.4 Å². The first kappa shape index (κ1) is 23.2. The second kappa shape index (κ2) is 9.95. The summed E-state index contributed by atoms with van der Waals surface area (Å²) >= 11 is 0. The molecule has 36 heavy (non-hydrogen) atoms. The summed E-state index contributed by atoms with van der Waals surface area (Å²) in [5, 5.41) is 11.3. The molecule has 1 aromatic carbocycles. The minimum absolute atomic E-state index is 0.383. The number of nitrogens with zero attached hydrogens (tertiary/aromatic N) is 5. The molecule has 5 rings (SSSR count). The Labute approximate surface area is 206 Å². The molecule has 0 amide bonds. The molecule has 0 aliphatic heterocycles. The lowest BCUT2D eigenvalue weighted by molar-refractivity contribution is 0.632. The summed E-state index contributed by atoms with van der Waals surface area (Å²) in [6.07, 6.45) is 10.4. The van der Waals surface area contributed by atoms with E-state index in [1.54, 1.807) is 30.7 Å². The van der Waals surface area contributed by atoms with E-state index in [0.29, 0.717) is 44.9 Å². The summed E-state index contributed by atoms with van der Waals surface area (Å²) in [5.74, 6) is 0.523. The quantitative estimate of drug-likeness (QED) is 0.118. The highest BCUT2D eigenvalue weighted by Crippen LogP contribution is 2.34. The van der Waals surface area contributed by atoms with Crippen LogP contribution in [0, 0.1) is 5.82 Å². The smallest absolute Gasteiger partial charge is 0.181 e. The number of halogens is 1. The average molecular weight is 484 g/mol. The van der Waals surface area contributed by atoms with Gasteiger partial charge in [0.25, 0.3) is 0 Å². The van der Waals surface area contributed by atoms with Gasteiger partial charge in [0.1, 0.15) is 17.0 Å². The van der Waals surface area contributed by atoms with Gasteiger partial charge in [-0.3, -0.25) is 10.1 Å². The van der Waals surface area contributed by atoms with Crippen molar-refractivity contribution in [3.05, 3.63) is 60.9 Å². The number of H-pyrrole nitrogens is 2. The Morgan fingerprint density at radius 3 is 2.94 bits per heavy atom. The van der Waals surface area contributed by atoms with Crippen molar-refractivity contribution >= 4 is 39.8 Å². The molecule has 0 radical (unpaired) electrons. The zero-order valence-corrected chi connectivity index (χ0v) is 19.8. The van der Waals surface area contributed by atoms with Gasteiger partial charge >= 0.3 is 0 Å². The SMILES string of the molecule is C=C(CCCCC)Nc1cncc(-c2cc3c(-c4nc5c(N=CN)nccc5[nH]4)n[nH]c3cc2F)c1. The van der Waals surface area contributed by atoms with Gasteiger partial charge in [0.15, 0.2) is 11.6 Å². The van der Waals surface area contributed by atoms with Crippen LogP contribution >= 0.6 is 0 Å². The lowest BCUT2D eigenvalue weighted by Gasteiger charge is -2.11. The zero-order chi connectivity index (χ0) is 25.1.